The largest absolute Gasteiger partial charge is 0.378 e. The summed E-state index contributed by atoms with van der Waals surface area (Å²) in [6, 6.07) is 0. The SMILES string of the molecule is C=C(C)C1CCC2(C)CCC3(C)C(CCC4(C)C5CCC(OCCCCCCCCCCCCCCCCCCCCCCCCOCC(C)=O)C(C)(C)C5CCC34C)C12. The number of hydrogen-bond acceptors (Lipinski definition) is 3. The van der Waals surface area contributed by atoms with Crippen molar-refractivity contribution in [1.29, 1.82) is 0 Å². The number of Topliss-reactive ketones (excluding diaryl/α,β-unsaturated/α-hetero) is 1. The van der Waals surface area contributed by atoms with Gasteiger partial charge in [0, 0.05) is 13.2 Å². The fraction of sp³-hybridized carbons (Fsp3) is 0.947. The van der Waals surface area contributed by atoms with E-state index in [9.17, 15) is 4.79 Å². The number of ether oxygens (including phenoxy) is 2. The van der Waals surface area contributed by atoms with Gasteiger partial charge in [0.1, 0.15) is 6.61 Å². The van der Waals surface area contributed by atoms with Gasteiger partial charge in [0.2, 0.25) is 0 Å². The quantitative estimate of drug-likeness (QED) is 0.0556. The van der Waals surface area contributed by atoms with Crippen molar-refractivity contribution in [2.75, 3.05) is 19.8 Å². The van der Waals surface area contributed by atoms with Crippen LogP contribution < -0.4 is 0 Å². The van der Waals surface area contributed by atoms with Crippen LogP contribution >= 0.6 is 0 Å². The third-order valence-corrected chi connectivity index (χ3v) is 20.0. The zero-order valence-electron chi connectivity index (χ0n) is 41.6. The molecule has 0 saturated heterocycles. The maximum Gasteiger partial charge on any atom is 0.155 e. The summed E-state index contributed by atoms with van der Waals surface area (Å²) in [7, 11) is 0. The van der Waals surface area contributed by atoms with Crippen LogP contribution in [0.1, 0.15) is 261 Å². The van der Waals surface area contributed by atoms with Crippen molar-refractivity contribution in [1.82, 2.24) is 0 Å². The van der Waals surface area contributed by atoms with E-state index in [1.165, 1.54) is 205 Å². The number of hydrogen-bond donors (Lipinski definition) is 0. The molecule has 0 radical (unpaired) electrons. The summed E-state index contributed by atoms with van der Waals surface area (Å²) >= 11 is 0. The molecule has 0 heterocycles. The van der Waals surface area contributed by atoms with E-state index in [-0.39, 0.29) is 17.8 Å². The summed E-state index contributed by atoms with van der Waals surface area (Å²) in [5.41, 5.74) is 3.66. The molecule has 3 heteroatoms. The molecular weight excluding hydrogens is 733 g/mol. The Bertz CT molecular complexity index is 1290. The fourth-order valence-electron chi connectivity index (χ4n) is 15.8. The Labute approximate surface area is 374 Å². The highest BCUT2D eigenvalue weighted by Gasteiger charge is 2.71. The van der Waals surface area contributed by atoms with Crippen LogP contribution in [-0.2, 0) is 14.3 Å². The van der Waals surface area contributed by atoms with Gasteiger partial charge in [-0.05, 0) is 148 Å². The van der Waals surface area contributed by atoms with E-state index >= 15 is 0 Å². The Morgan fingerprint density at radius 2 is 0.967 bits per heavy atom. The highest BCUT2D eigenvalue weighted by molar-refractivity contribution is 5.76. The summed E-state index contributed by atoms with van der Waals surface area (Å²) in [5, 5.41) is 0. The second kappa shape index (κ2) is 23.5. The molecule has 60 heavy (non-hydrogen) atoms. The highest BCUT2D eigenvalue weighted by atomic mass is 16.5. The predicted molar refractivity (Wildman–Crippen MR) is 257 cm³/mol. The number of rotatable bonds is 29. The van der Waals surface area contributed by atoms with E-state index < -0.39 is 0 Å². The van der Waals surface area contributed by atoms with Gasteiger partial charge in [-0.15, -0.1) is 0 Å². The average molecular weight is 835 g/mol. The maximum atomic E-state index is 10.9. The first-order chi connectivity index (χ1) is 28.7. The number of unbranched alkanes of at least 4 members (excludes halogenated alkanes) is 21. The van der Waals surface area contributed by atoms with Crippen molar-refractivity contribution >= 4 is 5.78 Å². The molecule has 10 atom stereocenters. The monoisotopic (exact) mass is 835 g/mol. The lowest BCUT2D eigenvalue weighted by Gasteiger charge is -2.74. The van der Waals surface area contributed by atoms with E-state index in [0.29, 0.717) is 27.8 Å². The molecule has 10 unspecified atom stereocenters. The zero-order valence-corrected chi connectivity index (χ0v) is 41.6. The number of allylic oxidation sites excluding steroid dienone is 1. The van der Waals surface area contributed by atoms with Gasteiger partial charge in [-0.25, -0.2) is 0 Å². The second-order valence-corrected chi connectivity index (χ2v) is 24.0. The minimum absolute atomic E-state index is 0.129. The Morgan fingerprint density at radius 1 is 0.500 bits per heavy atom. The normalized spacial score (nSPS) is 35.7. The highest BCUT2D eigenvalue weighted by Crippen LogP contribution is 2.78. The summed E-state index contributed by atoms with van der Waals surface area (Å²) in [5.74, 6) is 4.29. The van der Waals surface area contributed by atoms with E-state index in [1.54, 1.807) is 6.92 Å². The van der Waals surface area contributed by atoms with Crippen LogP contribution in [0.4, 0.5) is 0 Å². The molecule has 0 spiro atoms. The van der Waals surface area contributed by atoms with Crippen molar-refractivity contribution in [3.8, 4) is 0 Å². The van der Waals surface area contributed by atoms with Crippen LogP contribution in [0.3, 0.4) is 0 Å². The lowest BCUT2D eigenvalue weighted by Crippen LogP contribution is -2.67. The molecule has 0 aromatic carbocycles. The van der Waals surface area contributed by atoms with Crippen molar-refractivity contribution in [2.45, 2.75) is 267 Å². The molecule has 0 aromatic rings. The molecule has 5 aliphatic carbocycles. The Balaban J connectivity index is 0.858. The summed E-state index contributed by atoms with van der Waals surface area (Å²) in [4.78, 5) is 10.9. The van der Waals surface area contributed by atoms with Gasteiger partial charge in [0.25, 0.3) is 0 Å². The summed E-state index contributed by atoms with van der Waals surface area (Å²) in [6.07, 6.45) is 45.2. The van der Waals surface area contributed by atoms with Crippen LogP contribution in [0, 0.1) is 56.7 Å². The molecule has 5 fully saturated rings. The minimum atomic E-state index is 0.129. The van der Waals surface area contributed by atoms with Gasteiger partial charge in [-0.1, -0.05) is 182 Å². The van der Waals surface area contributed by atoms with E-state index in [2.05, 4.69) is 55.0 Å². The van der Waals surface area contributed by atoms with Gasteiger partial charge < -0.3 is 9.47 Å². The molecule has 5 aliphatic rings. The second-order valence-electron chi connectivity index (χ2n) is 24.0. The molecule has 0 aliphatic heterocycles. The number of carbonyl (C=O) groups is 1. The number of carbonyl (C=O) groups excluding carboxylic acids is 1. The Hall–Kier alpha value is -0.670. The van der Waals surface area contributed by atoms with Gasteiger partial charge in [-0.2, -0.15) is 0 Å². The Morgan fingerprint density at radius 3 is 1.47 bits per heavy atom. The van der Waals surface area contributed by atoms with Crippen LogP contribution in [0.2, 0.25) is 0 Å². The average Bonchev–Trinajstić information content (AvgIpc) is 3.56. The van der Waals surface area contributed by atoms with E-state index in [4.69, 9.17) is 9.47 Å². The smallest absolute Gasteiger partial charge is 0.155 e. The van der Waals surface area contributed by atoms with Crippen LogP contribution in [0.15, 0.2) is 12.2 Å². The van der Waals surface area contributed by atoms with E-state index in [1.807, 2.05) is 0 Å². The standard InChI is InChI=1S/C57H102O3/c1-45(2)47-34-37-54(6)40-41-56(8)50(52(47)54)35-38-55(7)49-32-33-51(53(4,5)48(49)36-39-57(55,56)9)60-43-31-29-27-25-23-21-19-17-15-13-11-10-12-14-16-18-20-22-24-26-28-30-42-59-44-46(3)58/h47-52H,1,10-44H2,2-9H3. The molecule has 0 bridgehead atoms. The third kappa shape index (κ3) is 12.0. The van der Waals surface area contributed by atoms with Crippen molar-refractivity contribution in [3.63, 3.8) is 0 Å². The summed E-state index contributed by atoms with van der Waals surface area (Å²) in [6.45, 7) is 26.9. The lowest BCUT2D eigenvalue weighted by atomic mass is 9.31. The summed E-state index contributed by atoms with van der Waals surface area (Å²) < 4.78 is 12.2. The third-order valence-electron chi connectivity index (χ3n) is 20.0. The molecule has 0 aromatic heterocycles. The zero-order chi connectivity index (χ0) is 43.3. The number of fused-ring (bicyclic) bond motifs is 7. The molecule has 0 N–H and O–H groups in total. The van der Waals surface area contributed by atoms with Crippen LogP contribution in [-0.4, -0.2) is 31.7 Å². The molecule has 348 valence electrons. The van der Waals surface area contributed by atoms with E-state index in [0.717, 1.165) is 49.2 Å². The number of ketones is 1. The molecule has 5 rings (SSSR count). The van der Waals surface area contributed by atoms with Gasteiger partial charge in [-0.3, -0.25) is 4.79 Å². The minimum Gasteiger partial charge on any atom is -0.378 e. The van der Waals surface area contributed by atoms with Crippen LogP contribution in [0.5, 0.6) is 0 Å². The fourth-order valence-corrected chi connectivity index (χ4v) is 15.8. The molecule has 0 amide bonds. The van der Waals surface area contributed by atoms with Crippen molar-refractivity contribution in [2.24, 2.45) is 56.7 Å². The first kappa shape index (κ1) is 50.3. The van der Waals surface area contributed by atoms with Gasteiger partial charge in [0.05, 0.1) is 6.10 Å². The van der Waals surface area contributed by atoms with Crippen molar-refractivity contribution in [3.05, 3.63) is 12.2 Å². The molecular formula is C57H102O3. The Kier molecular flexibility index (Phi) is 19.7. The predicted octanol–water partition coefficient (Wildman–Crippen LogP) is 17.2. The molecule has 5 saturated carbocycles. The maximum absolute atomic E-state index is 10.9. The topological polar surface area (TPSA) is 35.5 Å². The van der Waals surface area contributed by atoms with Crippen LogP contribution in [0.25, 0.3) is 0 Å². The lowest BCUT2D eigenvalue weighted by molar-refractivity contribution is -0.260. The molecule has 3 nitrogen and oxygen atoms in total. The van der Waals surface area contributed by atoms with Gasteiger partial charge in [0.15, 0.2) is 5.78 Å². The van der Waals surface area contributed by atoms with Crippen molar-refractivity contribution < 1.29 is 14.3 Å². The first-order valence-corrected chi connectivity index (χ1v) is 27.1. The van der Waals surface area contributed by atoms with Gasteiger partial charge >= 0.3 is 0 Å². The first-order valence-electron chi connectivity index (χ1n) is 27.1.